The zero-order chi connectivity index (χ0) is 20.3. The molecule has 0 fully saturated rings. The maximum absolute atomic E-state index is 13.1. The predicted molar refractivity (Wildman–Crippen MR) is 108 cm³/mol. The molecular formula is C19H19N5O3S. The van der Waals surface area contributed by atoms with E-state index in [4.69, 9.17) is 0 Å². The molecule has 0 saturated carbocycles. The second kappa shape index (κ2) is 8.22. The summed E-state index contributed by atoms with van der Waals surface area (Å²) in [6, 6.07) is 10.0. The smallest absolute Gasteiger partial charge is 0.321 e. The summed E-state index contributed by atoms with van der Waals surface area (Å²) in [5.41, 5.74) is 1.19. The van der Waals surface area contributed by atoms with Crippen molar-refractivity contribution < 1.29 is 9.59 Å². The van der Waals surface area contributed by atoms with E-state index < -0.39 is 17.2 Å². The minimum absolute atomic E-state index is 0.273. The summed E-state index contributed by atoms with van der Waals surface area (Å²) in [6.45, 7) is 3.54. The number of para-hydroxylation sites is 1. The fourth-order valence-electron chi connectivity index (χ4n) is 2.52. The molecule has 0 saturated heterocycles. The average molecular weight is 397 g/mol. The van der Waals surface area contributed by atoms with Crippen LogP contribution in [0.15, 0.2) is 52.5 Å². The number of nitrogens with one attached hydrogen (secondary N) is 2. The first-order valence-electron chi connectivity index (χ1n) is 8.54. The van der Waals surface area contributed by atoms with E-state index in [0.717, 1.165) is 17.3 Å². The van der Waals surface area contributed by atoms with Crippen LogP contribution in [0.4, 0.5) is 4.79 Å². The number of amides is 3. The van der Waals surface area contributed by atoms with Gasteiger partial charge >= 0.3 is 6.03 Å². The van der Waals surface area contributed by atoms with Crippen molar-refractivity contribution in [2.45, 2.75) is 24.3 Å². The Morgan fingerprint density at radius 3 is 2.68 bits per heavy atom. The summed E-state index contributed by atoms with van der Waals surface area (Å²) in [5.74, 6) is -0.0693. The van der Waals surface area contributed by atoms with E-state index in [1.54, 1.807) is 43.5 Å². The van der Waals surface area contributed by atoms with Crippen LogP contribution in [0.3, 0.4) is 0 Å². The summed E-state index contributed by atoms with van der Waals surface area (Å²) in [7, 11) is 1.42. The Bertz CT molecular complexity index is 1110. The largest absolute Gasteiger partial charge is 0.341 e. The lowest BCUT2D eigenvalue weighted by molar-refractivity contribution is -0.119. The van der Waals surface area contributed by atoms with E-state index in [-0.39, 0.29) is 5.56 Å². The first kappa shape index (κ1) is 19.6. The van der Waals surface area contributed by atoms with Gasteiger partial charge in [0.05, 0.1) is 16.2 Å². The van der Waals surface area contributed by atoms with Crippen LogP contribution in [0.5, 0.6) is 0 Å². The quantitative estimate of drug-likeness (QED) is 0.515. The number of urea groups is 1. The lowest BCUT2D eigenvalue weighted by Crippen LogP contribution is -2.41. The molecule has 2 heterocycles. The fraction of sp³-hybridized carbons (Fsp3) is 0.211. The maximum Gasteiger partial charge on any atom is 0.321 e. The first-order chi connectivity index (χ1) is 13.4. The predicted octanol–water partition coefficient (Wildman–Crippen LogP) is 2.03. The normalized spacial score (nSPS) is 11.8. The zero-order valence-corrected chi connectivity index (χ0v) is 16.4. The van der Waals surface area contributed by atoms with Gasteiger partial charge in [-0.2, -0.15) is 0 Å². The second-order valence-corrected chi connectivity index (χ2v) is 7.38. The Labute approximate surface area is 165 Å². The van der Waals surface area contributed by atoms with E-state index in [1.165, 1.54) is 11.6 Å². The monoisotopic (exact) mass is 397 g/mol. The molecule has 3 aromatic rings. The third-order valence-electron chi connectivity index (χ3n) is 3.99. The number of aromatic nitrogens is 3. The molecule has 144 valence electrons. The highest BCUT2D eigenvalue weighted by molar-refractivity contribution is 8.00. The minimum atomic E-state index is -0.665. The fourth-order valence-corrected chi connectivity index (χ4v) is 3.44. The molecule has 2 N–H and O–H groups in total. The first-order valence-corrected chi connectivity index (χ1v) is 9.42. The molecule has 3 amide bonds. The van der Waals surface area contributed by atoms with Gasteiger partial charge in [0.25, 0.3) is 5.56 Å². The number of hydrogen-bond donors (Lipinski definition) is 2. The molecule has 9 heteroatoms. The van der Waals surface area contributed by atoms with E-state index in [9.17, 15) is 14.4 Å². The Kier molecular flexibility index (Phi) is 5.74. The van der Waals surface area contributed by atoms with Crippen molar-refractivity contribution in [1.29, 1.82) is 0 Å². The number of aryl methyl sites for hydroxylation is 1. The third-order valence-corrected chi connectivity index (χ3v) is 5.04. The van der Waals surface area contributed by atoms with Crippen LogP contribution in [0.2, 0.25) is 0 Å². The van der Waals surface area contributed by atoms with Crippen LogP contribution in [0.1, 0.15) is 12.5 Å². The molecule has 0 bridgehead atoms. The van der Waals surface area contributed by atoms with Gasteiger partial charge in [-0.15, -0.1) is 0 Å². The van der Waals surface area contributed by atoms with Gasteiger partial charge in [0, 0.05) is 13.2 Å². The average Bonchev–Trinajstić information content (AvgIpc) is 2.68. The van der Waals surface area contributed by atoms with Gasteiger partial charge in [0.15, 0.2) is 5.16 Å². The lowest BCUT2D eigenvalue weighted by Gasteiger charge is -2.15. The van der Waals surface area contributed by atoms with Crippen molar-refractivity contribution in [3.05, 3.63) is 58.5 Å². The Balaban J connectivity index is 2.10. The topological polar surface area (TPSA) is 106 Å². The van der Waals surface area contributed by atoms with Crippen LogP contribution in [0, 0.1) is 6.92 Å². The Hall–Kier alpha value is -3.20. The number of thioether (sulfide) groups is 1. The second-order valence-electron chi connectivity index (χ2n) is 6.07. The Morgan fingerprint density at radius 1 is 1.21 bits per heavy atom. The van der Waals surface area contributed by atoms with Gasteiger partial charge in [-0.25, -0.2) is 19.3 Å². The molecule has 2 aromatic heterocycles. The third kappa shape index (κ3) is 4.04. The van der Waals surface area contributed by atoms with E-state index >= 15 is 0 Å². The van der Waals surface area contributed by atoms with Crippen molar-refractivity contribution in [3.8, 4) is 5.82 Å². The van der Waals surface area contributed by atoms with Crippen LogP contribution >= 0.6 is 11.8 Å². The van der Waals surface area contributed by atoms with Crippen LogP contribution in [-0.2, 0) is 4.79 Å². The number of rotatable bonds is 4. The van der Waals surface area contributed by atoms with Gasteiger partial charge in [-0.3, -0.25) is 14.9 Å². The molecule has 8 nitrogen and oxygen atoms in total. The highest BCUT2D eigenvalue weighted by atomic mass is 32.2. The molecule has 0 aliphatic heterocycles. The van der Waals surface area contributed by atoms with Gasteiger partial charge < -0.3 is 5.32 Å². The van der Waals surface area contributed by atoms with Crippen molar-refractivity contribution in [2.75, 3.05) is 7.05 Å². The number of benzene rings is 1. The molecular weight excluding hydrogens is 378 g/mol. The minimum Gasteiger partial charge on any atom is -0.341 e. The SMILES string of the molecule is CNC(=O)NC(=O)C(C)Sc1nc2ccccc2c(=O)n1-c1cc(C)ccn1. The number of pyridine rings is 1. The lowest BCUT2D eigenvalue weighted by atomic mass is 10.2. The molecule has 0 aliphatic rings. The van der Waals surface area contributed by atoms with Crippen LogP contribution in [0.25, 0.3) is 16.7 Å². The van der Waals surface area contributed by atoms with Gasteiger partial charge in [-0.1, -0.05) is 23.9 Å². The molecule has 1 aromatic carbocycles. The van der Waals surface area contributed by atoms with Crippen molar-refractivity contribution >= 4 is 34.6 Å². The van der Waals surface area contributed by atoms with Crippen LogP contribution in [-0.4, -0.2) is 38.8 Å². The summed E-state index contributed by atoms with van der Waals surface area (Å²) < 4.78 is 1.39. The van der Waals surface area contributed by atoms with Crippen molar-refractivity contribution in [3.63, 3.8) is 0 Å². The van der Waals surface area contributed by atoms with E-state index in [2.05, 4.69) is 20.6 Å². The number of hydrogen-bond acceptors (Lipinski definition) is 6. The van der Waals surface area contributed by atoms with Crippen LogP contribution < -0.4 is 16.2 Å². The van der Waals surface area contributed by atoms with Gasteiger partial charge in [-0.05, 0) is 43.7 Å². The molecule has 1 unspecified atom stereocenters. The number of imide groups is 1. The molecule has 0 radical (unpaired) electrons. The molecule has 0 spiro atoms. The zero-order valence-electron chi connectivity index (χ0n) is 15.6. The van der Waals surface area contributed by atoms with Gasteiger partial charge in [0.2, 0.25) is 5.91 Å². The molecule has 28 heavy (non-hydrogen) atoms. The van der Waals surface area contributed by atoms with E-state index in [0.29, 0.717) is 21.9 Å². The summed E-state index contributed by atoms with van der Waals surface area (Å²) >= 11 is 1.08. The standard InChI is InChI=1S/C19H19N5O3S/c1-11-8-9-21-15(10-11)24-17(26)13-6-4-5-7-14(13)22-19(24)28-12(2)16(25)23-18(27)20-3/h4-10,12H,1-3H3,(H2,20,23,25,27). The maximum atomic E-state index is 13.1. The molecule has 1 atom stereocenters. The number of nitrogens with zero attached hydrogens (tertiary/aromatic N) is 3. The summed E-state index contributed by atoms with van der Waals surface area (Å²) in [6.07, 6.45) is 1.61. The Morgan fingerprint density at radius 2 is 1.96 bits per heavy atom. The summed E-state index contributed by atoms with van der Waals surface area (Å²) in [5, 5.41) is 4.67. The van der Waals surface area contributed by atoms with Crippen molar-refractivity contribution in [1.82, 2.24) is 25.2 Å². The van der Waals surface area contributed by atoms with Gasteiger partial charge in [0.1, 0.15) is 5.82 Å². The number of fused-ring (bicyclic) bond motifs is 1. The number of carbonyl (C=O) groups is 2. The molecule has 3 rings (SSSR count). The highest BCUT2D eigenvalue weighted by Crippen LogP contribution is 2.24. The summed E-state index contributed by atoms with van der Waals surface area (Å²) in [4.78, 5) is 45.7. The molecule has 0 aliphatic carbocycles. The van der Waals surface area contributed by atoms with Crippen molar-refractivity contribution in [2.24, 2.45) is 0 Å². The number of carbonyl (C=O) groups excluding carboxylic acids is 2. The highest BCUT2D eigenvalue weighted by Gasteiger charge is 2.21. The van der Waals surface area contributed by atoms with E-state index in [1.807, 2.05) is 13.0 Å².